The van der Waals surface area contributed by atoms with Crippen molar-refractivity contribution in [3.63, 3.8) is 0 Å². The number of benzene rings is 2. The fraction of sp³-hybridized carbons (Fsp3) is 0.190. The molecule has 3 aromatic rings. The topological polar surface area (TPSA) is 118 Å². The first-order valence-corrected chi connectivity index (χ1v) is 9.12. The van der Waals surface area contributed by atoms with Crippen molar-refractivity contribution < 1.29 is 24.1 Å². The van der Waals surface area contributed by atoms with Gasteiger partial charge in [-0.05, 0) is 55.0 Å². The third kappa shape index (κ3) is 4.69. The van der Waals surface area contributed by atoms with E-state index >= 15 is 0 Å². The standard InChI is InChI=1S/C21H22N4O5/c1-4-30-20-9-13(5-7-18(20)26)12-22-25-21(27)17-11-16(23-24-17)15-10-14(28-2)6-8-19(15)29-3/h5-12,26H,4H2,1-3H3,(H,23,24)(H,25,27)/b22-12+. The zero-order chi connectivity index (χ0) is 21.5. The molecular weight excluding hydrogens is 388 g/mol. The monoisotopic (exact) mass is 410 g/mol. The maximum Gasteiger partial charge on any atom is 0.289 e. The van der Waals surface area contributed by atoms with Gasteiger partial charge in [0.05, 0.1) is 32.7 Å². The van der Waals surface area contributed by atoms with Crippen molar-refractivity contribution in [2.24, 2.45) is 5.10 Å². The molecule has 0 radical (unpaired) electrons. The van der Waals surface area contributed by atoms with Crippen molar-refractivity contribution in [3.8, 4) is 34.3 Å². The van der Waals surface area contributed by atoms with E-state index < -0.39 is 5.91 Å². The highest BCUT2D eigenvalue weighted by molar-refractivity contribution is 5.94. The van der Waals surface area contributed by atoms with Crippen molar-refractivity contribution in [3.05, 3.63) is 53.7 Å². The minimum Gasteiger partial charge on any atom is -0.504 e. The van der Waals surface area contributed by atoms with Gasteiger partial charge in [0.15, 0.2) is 11.5 Å². The lowest BCUT2D eigenvalue weighted by Crippen LogP contribution is -2.18. The molecule has 3 rings (SSSR count). The van der Waals surface area contributed by atoms with E-state index in [1.165, 1.54) is 12.3 Å². The van der Waals surface area contributed by atoms with E-state index in [9.17, 15) is 9.90 Å². The zero-order valence-corrected chi connectivity index (χ0v) is 16.8. The summed E-state index contributed by atoms with van der Waals surface area (Å²) in [4.78, 5) is 12.4. The maximum atomic E-state index is 12.4. The number of hydrogen-bond acceptors (Lipinski definition) is 7. The summed E-state index contributed by atoms with van der Waals surface area (Å²) in [5.41, 5.74) is 4.53. The molecule has 0 unspecified atom stereocenters. The van der Waals surface area contributed by atoms with Crippen LogP contribution in [0.1, 0.15) is 23.0 Å². The van der Waals surface area contributed by atoms with Gasteiger partial charge in [0, 0.05) is 5.56 Å². The van der Waals surface area contributed by atoms with Gasteiger partial charge < -0.3 is 19.3 Å². The smallest absolute Gasteiger partial charge is 0.289 e. The summed E-state index contributed by atoms with van der Waals surface area (Å²) in [6.45, 7) is 2.24. The summed E-state index contributed by atoms with van der Waals surface area (Å²) in [7, 11) is 3.12. The molecule has 3 N–H and O–H groups in total. The van der Waals surface area contributed by atoms with Gasteiger partial charge >= 0.3 is 0 Å². The number of aromatic hydroxyl groups is 1. The molecule has 0 saturated heterocycles. The van der Waals surface area contributed by atoms with Gasteiger partial charge in [0.25, 0.3) is 5.91 Å². The Kier molecular flexibility index (Phi) is 6.53. The van der Waals surface area contributed by atoms with Crippen molar-refractivity contribution in [1.29, 1.82) is 0 Å². The van der Waals surface area contributed by atoms with Crippen LogP contribution < -0.4 is 19.6 Å². The fourth-order valence-electron chi connectivity index (χ4n) is 2.70. The van der Waals surface area contributed by atoms with Gasteiger partial charge in [0.2, 0.25) is 0 Å². The fourth-order valence-corrected chi connectivity index (χ4v) is 2.70. The lowest BCUT2D eigenvalue weighted by Gasteiger charge is -2.08. The number of amides is 1. The van der Waals surface area contributed by atoms with Crippen LogP contribution in [0.25, 0.3) is 11.3 Å². The highest BCUT2D eigenvalue weighted by Gasteiger charge is 2.14. The minimum absolute atomic E-state index is 0.0380. The number of aromatic amines is 1. The van der Waals surface area contributed by atoms with E-state index in [2.05, 4.69) is 20.7 Å². The maximum absolute atomic E-state index is 12.4. The molecule has 0 bridgehead atoms. The Morgan fingerprint density at radius 3 is 2.73 bits per heavy atom. The summed E-state index contributed by atoms with van der Waals surface area (Å²) < 4.78 is 15.9. The van der Waals surface area contributed by atoms with Crippen LogP contribution >= 0.6 is 0 Å². The molecule has 2 aromatic carbocycles. The number of rotatable bonds is 8. The second-order valence-electron chi connectivity index (χ2n) is 6.09. The Morgan fingerprint density at radius 1 is 1.17 bits per heavy atom. The third-order valence-corrected chi connectivity index (χ3v) is 4.17. The molecule has 0 spiro atoms. The lowest BCUT2D eigenvalue weighted by atomic mass is 10.1. The number of hydrazone groups is 1. The molecule has 9 nitrogen and oxygen atoms in total. The van der Waals surface area contributed by atoms with Crippen LogP contribution in [0.5, 0.6) is 23.0 Å². The normalized spacial score (nSPS) is 10.8. The Labute approximate surface area is 173 Å². The Hall–Kier alpha value is -4.01. The van der Waals surface area contributed by atoms with Crippen molar-refractivity contribution in [1.82, 2.24) is 15.6 Å². The van der Waals surface area contributed by atoms with E-state index in [1.54, 1.807) is 50.6 Å². The zero-order valence-electron chi connectivity index (χ0n) is 16.8. The number of phenols is 1. The van der Waals surface area contributed by atoms with Crippen molar-refractivity contribution in [2.45, 2.75) is 6.92 Å². The average molecular weight is 410 g/mol. The molecule has 1 heterocycles. The number of carbonyl (C=O) groups is 1. The van der Waals surface area contributed by atoms with Gasteiger partial charge in [-0.1, -0.05) is 0 Å². The molecule has 0 fully saturated rings. The number of carbonyl (C=O) groups excluding carboxylic acids is 1. The number of ether oxygens (including phenoxy) is 3. The summed E-state index contributed by atoms with van der Waals surface area (Å²) in [6.07, 6.45) is 1.45. The number of H-pyrrole nitrogens is 1. The Morgan fingerprint density at radius 2 is 2.00 bits per heavy atom. The molecule has 0 aliphatic heterocycles. The third-order valence-electron chi connectivity index (χ3n) is 4.17. The molecule has 0 aliphatic carbocycles. The highest BCUT2D eigenvalue weighted by Crippen LogP contribution is 2.32. The number of methoxy groups -OCH3 is 2. The quantitative estimate of drug-likeness (QED) is 0.388. The minimum atomic E-state index is -0.462. The van der Waals surface area contributed by atoms with Crippen LogP contribution in [0.2, 0.25) is 0 Å². The van der Waals surface area contributed by atoms with Crippen LogP contribution in [0.15, 0.2) is 47.6 Å². The van der Waals surface area contributed by atoms with Gasteiger partial charge in [-0.25, -0.2) is 5.43 Å². The second kappa shape index (κ2) is 9.46. The van der Waals surface area contributed by atoms with E-state index in [0.717, 1.165) is 0 Å². The predicted molar refractivity (Wildman–Crippen MR) is 111 cm³/mol. The number of aromatic nitrogens is 2. The summed E-state index contributed by atoms with van der Waals surface area (Å²) in [5.74, 6) is 1.17. The SMILES string of the molecule is CCOc1cc(/C=N/NC(=O)c2cc(-c3cc(OC)ccc3OC)n[nH]2)ccc1O. The summed E-state index contributed by atoms with van der Waals surface area (Å²) >= 11 is 0. The van der Waals surface area contributed by atoms with E-state index in [4.69, 9.17) is 14.2 Å². The van der Waals surface area contributed by atoms with E-state index in [1.807, 2.05) is 6.92 Å². The average Bonchev–Trinajstić information content (AvgIpc) is 3.26. The van der Waals surface area contributed by atoms with E-state index in [0.29, 0.717) is 40.7 Å². The van der Waals surface area contributed by atoms with Crippen LogP contribution in [-0.2, 0) is 0 Å². The van der Waals surface area contributed by atoms with Gasteiger partial charge in [0.1, 0.15) is 17.2 Å². The Balaban J connectivity index is 1.72. The van der Waals surface area contributed by atoms with Crippen LogP contribution in [0.3, 0.4) is 0 Å². The largest absolute Gasteiger partial charge is 0.504 e. The molecule has 30 heavy (non-hydrogen) atoms. The van der Waals surface area contributed by atoms with Crippen molar-refractivity contribution >= 4 is 12.1 Å². The summed E-state index contributed by atoms with van der Waals surface area (Å²) in [5, 5.41) is 20.5. The molecule has 0 saturated carbocycles. The predicted octanol–water partition coefficient (Wildman–Crippen LogP) is 2.96. The number of nitrogens with zero attached hydrogens (tertiary/aromatic N) is 2. The van der Waals surface area contributed by atoms with E-state index in [-0.39, 0.29) is 11.4 Å². The highest BCUT2D eigenvalue weighted by atomic mass is 16.5. The summed E-state index contributed by atoms with van der Waals surface area (Å²) in [6, 6.07) is 11.7. The van der Waals surface area contributed by atoms with Crippen LogP contribution in [0, 0.1) is 0 Å². The molecular formula is C21H22N4O5. The molecule has 156 valence electrons. The number of phenolic OH excluding ortho intramolecular Hbond substituents is 1. The Bertz CT molecular complexity index is 1060. The molecule has 0 aliphatic rings. The molecule has 9 heteroatoms. The molecule has 1 amide bonds. The first-order chi connectivity index (χ1) is 14.5. The lowest BCUT2D eigenvalue weighted by molar-refractivity contribution is 0.0950. The number of nitrogens with one attached hydrogen (secondary N) is 2. The second-order valence-corrected chi connectivity index (χ2v) is 6.09. The van der Waals surface area contributed by atoms with Crippen LogP contribution in [-0.4, -0.2) is 48.3 Å². The van der Waals surface area contributed by atoms with Crippen LogP contribution in [0.4, 0.5) is 0 Å². The molecule has 0 atom stereocenters. The van der Waals surface area contributed by atoms with Crippen molar-refractivity contribution in [2.75, 3.05) is 20.8 Å². The molecule has 1 aromatic heterocycles. The van der Waals surface area contributed by atoms with Gasteiger partial charge in [-0.2, -0.15) is 10.2 Å². The van der Waals surface area contributed by atoms with Gasteiger partial charge in [-0.15, -0.1) is 0 Å². The number of hydrogen-bond donors (Lipinski definition) is 3. The first-order valence-electron chi connectivity index (χ1n) is 9.12. The first kappa shape index (κ1) is 20.7. The van der Waals surface area contributed by atoms with Gasteiger partial charge in [-0.3, -0.25) is 9.89 Å².